The number of halogens is 2. The first kappa shape index (κ1) is 11.7. The Labute approximate surface area is 110 Å². The smallest absolute Gasteiger partial charge is 0.180 e. The van der Waals surface area contributed by atoms with E-state index in [2.05, 4.69) is 20.9 Å². The van der Waals surface area contributed by atoms with Crippen molar-refractivity contribution >= 4 is 44.0 Å². The molecule has 2 aromatic rings. The molecular formula is C10H8BrClN2OS. The van der Waals surface area contributed by atoms with Gasteiger partial charge in [-0.25, -0.2) is 4.98 Å². The van der Waals surface area contributed by atoms with Crippen LogP contribution in [0.3, 0.4) is 0 Å². The van der Waals surface area contributed by atoms with Crippen LogP contribution in [0, 0.1) is 0 Å². The molecule has 16 heavy (non-hydrogen) atoms. The highest BCUT2D eigenvalue weighted by Gasteiger charge is 2.04. The molecule has 0 saturated carbocycles. The molecule has 0 spiro atoms. The second kappa shape index (κ2) is 5.03. The van der Waals surface area contributed by atoms with Gasteiger partial charge in [0.2, 0.25) is 0 Å². The SMILES string of the molecule is Nc1ncc(COc2ccc(Cl)cc2Br)s1. The van der Waals surface area contributed by atoms with Crippen LogP contribution >= 0.6 is 38.9 Å². The van der Waals surface area contributed by atoms with Gasteiger partial charge in [-0.1, -0.05) is 22.9 Å². The first-order valence-electron chi connectivity index (χ1n) is 4.43. The van der Waals surface area contributed by atoms with Crippen LogP contribution in [0.1, 0.15) is 4.88 Å². The van der Waals surface area contributed by atoms with E-state index < -0.39 is 0 Å². The lowest BCUT2D eigenvalue weighted by Gasteiger charge is -2.06. The standard InChI is InChI=1S/C10H8BrClN2OS/c11-8-3-6(12)1-2-9(8)15-5-7-4-14-10(13)16-7/h1-4H,5H2,(H2,13,14). The minimum absolute atomic E-state index is 0.453. The summed E-state index contributed by atoms with van der Waals surface area (Å²) in [5.74, 6) is 0.747. The van der Waals surface area contributed by atoms with E-state index in [-0.39, 0.29) is 0 Å². The monoisotopic (exact) mass is 318 g/mol. The maximum Gasteiger partial charge on any atom is 0.180 e. The van der Waals surface area contributed by atoms with Crippen LogP contribution in [0.15, 0.2) is 28.9 Å². The third kappa shape index (κ3) is 2.87. The summed E-state index contributed by atoms with van der Waals surface area (Å²) in [6, 6.07) is 5.39. The Morgan fingerprint density at radius 2 is 2.31 bits per heavy atom. The molecule has 0 atom stereocenters. The molecule has 0 amide bonds. The Kier molecular flexibility index (Phi) is 3.68. The largest absolute Gasteiger partial charge is 0.487 e. The van der Waals surface area contributed by atoms with Crippen molar-refractivity contribution < 1.29 is 4.74 Å². The quantitative estimate of drug-likeness (QED) is 0.938. The number of thiazole rings is 1. The molecule has 0 aliphatic rings. The first-order valence-corrected chi connectivity index (χ1v) is 6.42. The molecule has 0 bridgehead atoms. The number of nitrogens with zero attached hydrogens (tertiary/aromatic N) is 1. The van der Waals surface area contributed by atoms with Gasteiger partial charge in [0, 0.05) is 11.2 Å². The number of hydrogen-bond donors (Lipinski definition) is 1. The summed E-state index contributed by atoms with van der Waals surface area (Å²) in [5.41, 5.74) is 5.52. The maximum absolute atomic E-state index is 5.83. The molecule has 2 rings (SSSR count). The highest BCUT2D eigenvalue weighted by atomic mass is 79.9. The van der Waals surface area contributed by atoms with Gasteiger partial charge in [0.1, 0.15) is 12.4 Å². The minimum atomic E-state index is 0.453. The summed E-state index contributed by atoms with van der Waals surface area (Å²) in [6.45, 7) is 0.453. The number of anilines is 1. The molecule has 0 unspecified atom stereocenters. The zero-order valence-electron chi connectivity index (χ0n) is 8.11. The van der Waals surface area contributed by atoms with Crippen LogP contribution in [-0.2, 0) is 6.61 Å². The first-order chi connectivity index (χ1) is 7.65. The van der Waals surface area contributed by atoms with Gasteiger partial charge in [-0.15, -0.1) is 0 Å². The molecule has 2 N–H and O–H groups in total. The van der Waals surface area contributed by atoms with E-state index in [9.17, 15) is 0 Å². The fourth-order valence-electron chi connectivity index (χ4n) is 1.13. The van der Waals surface area contributed by atoms with Crippen LogP contribution in [0.5, 0.6) is 5.75 Å². The van der Waals surface area contributed by atoms with Gasteiger partial charge in [0.25, 0.3) is 0 Å². The summed E-state index contributed by atoms with van der Waals surface area (Å²) in [6.07, 6.45) is 1.71. The van der Waals surface area contributed by atoms with Crippen molar-refractivity contribution in [2.24, 2.45) is 0 Å². The number of rotatable bonds is 3. The van der Waals surface area contributed by atoms with E-state index in [0.29, 0.717) is 16.8 Å². The average Bonchev–Trinajstić information content (AvgIpc) is 2.63. The second-order valence-corrected chi connectivity index (χ2v) is 5.47. The van der Waals surface area contributed by atoms with E-state index in [4.69, 9.17) is 22.1 Å². The summed E-state index contributed by atoms with van der Waals surface area (Å²) in [7, 11) is 0. The van der Waals surface area contributed by atoms with Crippen molar-refractivity contribution in [3.8, 4) is 5.75 Å². The number of nitrogens with two attached hydrogens (primary N) is 1. The Balaban J connectivity index is 2.04. The molecule has 1 heterocycles. The van der Waals surface area contributed by atoms with Crippen LogP contribution in [0.25, 0.3) is 0 Å². The van der Waals surface area contributed by atoms with Crippen molar-refractivity contribution in [2.45, 2.75) is 6.61 Å². The molecular weight excluding hydrogens is 312 g/mol. The van der Waals surface area contributed by atoms with Gasteiger partial charge in [0.05, 0.1) is 9.35 Å². The number of ether oxygens (including phenoxy) is 1. The van der Waals surface area contributed by atoms with Crippen LogP contribution in [0.2, 0.25) is 5.02 Å². The van der Waals surface area contributed by atoms with Crippen molar-refractivity contribution in [3.63, 3.8) is 0 Å². The van der Waals surface area contributed by atoms with Crippen LogP contribution in [-0.4, -0.2) is 4.98 Å². The number of benzene rings is 1. The molecule has 0 saturated heterocycles. The highest BCUT2D eigenvalue weighted by Crippen LogP contribution is 2.29. The number of nitrogen functional groups attached to an aromatic ring is 1. The highest BCUT2D eigenvalue weighted by molar-refractivity contribution is 9.10. The summed E-state index contributed by atoms with van der Waals surface area (Å²) in [4.78, 5) is 4.93. The van der Waals surface area contributed by atoms with E-state index in [1.165, 1.54) is 11.3 Å². The maximum atomic E-state index is 5.83. The van der Waals surface area contributed by atoms with E-state index in [1.54, 1.807) is 18.3 Å². The number of hydrogen-bond acceptors (Lipinski definition) is 4. The lowest BCUT2D eigenvalue weighted by molar-refractivity contribution is 0.307. The third-order valence-corrected chi connectivity index (χ3v) is 3.49. The molecule has 0 radical (unpaired) electrons. The molecule has 1 aromatic heterocycles. The van der Waals surface area contributed by atoms with Gasteiger partial charge in [0.15, 0.2) is 5.13 Å². The topological polar surface area (TPSA) is 48.1 Å². The summed E-state index contributed by atoms with van der Waals surface area (Å²) < 4.78 is 6.43. The number of aromatic nitrogens is 1. The zero-order valence-corrected chi connectivity index (χ0v) is 11.3. The molecule has 0 aliphatic heterocycles. The van der Waals surface area contributed by atoms with Crippen molar-refractivity contribution in [1.82, 2.24) is 4.98 Å². The fourth-order valence-corrected chi connectivity index (χ4v) is 2.52. The van der Waals surface area contributed by atoms with Crippen LogP contribution < -0.4 is 10.5 Å². The molecule has 0 aliphatic carbocycles. The van der Waals surface area contributed by atoms with Gasteiger partial charge < -0.3 is 10.5 Å². The van der Waals surface area contributed by atoms with Gasteiger partial charge in [-0.05, 0) is 34.1 Å². The lowest BCUT2D eigenvalue weighted by atomic mass is 10.3. The minimum Gasteiger partial charge on any atom is -0.487 e. The van der Waals surface area contributed by atoms with Gasteiger partial charge in [-0.3, -0.25) is 0 Å². The average molecular weight is 320 g/mol. The summed E-state index contributed by atoms with van der Waals surface area (Å²) in [5, 5.41) is 1.22. The van der Waals surface area contributed by atoms with Crippen molar-refractivity contribution in [1.29, 1.82) is 0 Å². The molecule has 6 heteroatoms. The van der Waals surface area contributed by atoms with Gasteiger partial charge >= 0.3 is 0 Å². The van der Waals surface area contributed by atoms with E-state index in [1.807, 2.05) is 6.07 Å². The van der Waals surface area contributed by atoms with Crippen molar-refractivity contribution in [3.05, 3.63) is 38.8 Å². The normalized spacial score (nSPS) is 10.4. The Hall–Kier alpha value is -0.780. The summed E-state index contributed by atoms with van der Waals surface area (Å²) >= 11 is 10.6. The van der Waals surface area contributed by atoms with E-state index >= 15 is 0 Å². The van der Waals surface area contributed by atoms with Crippen LogP contribution in [0.4, 0.5) is 5.13 Å². The predicted molar refractivity (Wildman–Crippen MR) is 70.0 cm³/mol. The Morgan fingerprint density at radius 3 is 2.94 bits per heavy atom. The molecule has 3 nitrogen and oxygen atoms in total. The molecule has 84 valence electrons. The predicted octanol–water partition coefficient (Wildman–Crippen LogP) is 3.72. The van der Waals surface area contributed by atoms with E-state index in [0.717, 1.165) is 15.1 Å². The Bertz CT molecular complexity index is 503. The molecule has 1 aromatic carbocycles. The zero-order chi connectivity index (χ0) is 11.5. The second-order valence-electron chi connectivity index (χ2n) is 3.03. The van der Waals surface area contributed by atoms with Crippen molar-refractivity contribution in [2.75, 3.05) is 5.73 Å². The fraction of sp³-hybridized carbons (Fsp3) is 0.100. The Morgan fingerprint density at radius 1 is 1.50 bits per heavy atom. The third-order valence-electron chi connectivity index (χ3n) is 1.84. The lowest BCUT2D eigenvalue weighted by Crippen LogP contribution is -1.93. The molecule has 0 fully saturated rings. The van der Waals surface area contributed by atoms with Gasteiger partial charge in [-0.2, -0.15) is 0 Å².